The van der Waals surface area contributed by atoms with Crippen LogP contribution in [0.1, 0.15) is 26.7 Å². The smallest absolute Gasteiger partial charge is 0.240 e. The zero-order chi connectivity index (χ0) is 11.1. The van der Waals surface area contributed by atoms with Crippen molar-refractivity contribution < 1.29 is 9.53 Å². The summed E-state index contributed by atoms with van der Waals surface area (Å²) < 4.78 is 5.58. The predicted octanol–water partition coefficient (Wildman–Crippen LogP) is 0.374. The quantitative estimate of drug-likeness (QED) is 0.719. The average molecular weight is 212 g/mol. The lowest BCUT2D eigenvalue weighted by molar-refractivity contribution is -0.136. The van der Waals surface area contributed by atoms with Gasteiger partial charge in [-0.05, 0) is 33.7 Å². The fourth-order valence-corrected chi connectivity index (χ4v) is 2.63. The molecule has 4 nitrogen and oxygen atoms in total. The minimum absolute atomic E-state index is 0.00891. The molecule has 1 N–H and O–H groups in total. The topological polar surface area (TPSA) is 41.6 Å². The summed E-state index contributed by atoms with van der Waals surface area (Å²) in [7, 11) is 1.85. The van der Waals surface area contributed by atoms with Crippen molar-refractivity contribution >= 4 is 5.91 Å². The Morgan fingerprint density at radius 3 is 2.80 bits per heavy atom. The molecule has 1 amide bonds. The number of rotatable bonds is 2. The maximum atomic E-state index is 12.1. The van der Waals surface area contributed by atoms with Gasteiger partial charge in [-0.25, -0.2) is 0 Å². The van der Waals surface area contributed by atoms with E-state index in [-0.39, 0.29) is 23.6 Å². The monoisotopic (exact) mass is 212 g/mol. The van der Waals surface area contributed by atoms with Gasteiger partial charge in [0.15, 0.2) is 0 Å². The highest BCUT2D eigenvalue weighted by Crippen LogP contribution is 2.34. The summed E-state index contributed by atoms with van der Waals surface area (Å²) in [5.41, 5.74) is -0.0946. The van der Waals surface area contributed by atoms with Crippen molar-refractivity contribution in [1.82, 2.24) is 10.2 Å². The lowest BCUT2D eigenvalue weighted by Gasteiger charge is -2.38. The fourth-order valence-electron chi connectivity index (χ4n) is 2.63. The molecule has 0 aromatic rings. The van der Waals surface area contributed by atoms with Crippen molar-refractivity contribution in [3.63, 3.8) is 0 Å². The second-order valence-corrected chi connectivity index (χ2v) is 4.74. The van der Waals surface area contributed by atoms with Crippen LogP contribution in [0, 0.1) is 0 Å². The first-order chi connectivity index (χ1) is 7.09. The number of hydrogen-bond acceptors (Lipinski definition) is 3. The van der Waals surface area contributed by atoms with Gasteiger partial charge in [-0.2, -0.15) is 0 Å². The average Bonchev–Trinajstić information content (AvgIpc) is 2.73. The molecule has 15 heavy (non-hydrogen) atoms. The number of ether oxygens (including phenoxy) is 1. The SMILES string of the molecule is CNC1CCN(C2(C)CCOC2C)C1=O. The first kappa shape index (κ1) is 10.9. The first-order valence-electron chi connectivity index (χ1n) is 5.70. The van der Waals surface area contributed by atoms with Gasteiger partial charge in [-0.1, -0.05) is 0 Å². The van der Waals surface area contributed by atoms with Crippen molar-refractivity contribution in [2.75, 3.05) is 20.2 Å². The summed E-state index contributed by atoms with van der Waals surface area (Å²) in [5, 5.41) is 3.07. The van der Waals surface area contributed by atoms with Crippen LogP contribution in [0.25, 0.3) is 0 Å². The fraction of sp³-hybridized carbons (Fsp3) is 0.909. The van der Waals surface area contributed by atoms with E-state index in [0.29, 0.717) is 0 Å². The molecule has 0 radical (unpaired) electrons. The molecule has 0 aromatic carbocycles. The molecule has 2 heterocycles. The van der Waals surface area contributed by atoms with Gasteiger partial charge >= 0.3 is 0 Å². The second-order valence-electron chi connectivity index (χ2n) is 4.74. The second kappa shape index (κ2) is 3.76. The maximum Gasteiger partial charge on any atom is 0.240 e. The normalized spacial score (nSPS) is 41.5. The predicted molar refractivity (Wildman–Crippen MR) is 57.6 cm³/mol. The number of hydrogen-bond donors (Lipinski definition) is 1. The Bertz CT molecular complexity index is 269. The van der Waals surface area contributed by atoms with Crippen molar-refractivity contribution in [2.24, 2.45) is 0 Å². The van der Waals surface area contributed by atoms with Crippen LogP contribution in [0.15, 0.2) is 0 Å². The molecule has 2 rings (SSSR count). The number of nitrogens with zero attached hydrogens (tertiary/aromatic N) is 1. The van der Waals surface area contributed by atoms with Crippen LogP contribution in [0.3, 0.4) is 0 Å². The lowest BCUT2D eigenvalue weighted by Crippen LogP contribution is -2.53. The summed E-state index contributed by atoms with van der Waals surface area (Å²) in [6.07, 6.45) is 2.02. The van der Waals surface area contributed by atoms with Crippen molar-refractivity contribution in [2.45, 2.75) is 44.4 Å². The Morgan fingerprint density at radius 2 is 2.33 bits per heavy atom. The van der Waals surface area contributed by atoms with E-state index in [9.17, 15) is 4.79 Å². The third-order valence-corrected chi connectivity index (χ3v) is 4.02. The van der Waals surface area contributed by atoms with E-state index in [1.54, 1.807) is 0 Å². The summed E-state index contributed by atoms with van der Waals surface area (Å²) in [6, 6.07) is 0.00891. The van der Waals surface area contributed by atoms with Gasteiger partial charge in [0.2, 0.25) is 5.91 Å². The number of amides is 1. The van der Waals surface area contributed by atoms with E-state index in [1.807, 2.05) is 11.9 Å². The Balaban J connectivity index is 2.15. The molecule has 0 saturated carbocycles. The molecule has 0 aliphatic carbocycles. The highest BCUT2D eigenvalue weighted by Gasteiger charge is 2.48. The van der Waals surface area contributed by atoms with Gasteiger partial charge in [0, 0.05) is 13.2 Å². The van der Waals surface area contributed by atoms with E-state index in [4.69, 9.17) is 4.74 Å². The zero-order valence-corrected chi connectivity index (χ0v) is 9.75. The lowest BCUT2D eigenvalue weighted by atomic mass is 9.92. The van der Waals surface area contributed by atoms with E-state index in [1.165, 1.54) is 0 Å². The standard InChI is InChI=1S/C11H20N2O2/c1-8-11(2,5-7-15-8)13-6-4-9(12-3)10(13)14/h8-9,12H,4-7H2,1-3H3. The molecule has 86 valence electrons. The molecule has 2 saturated heterocycles. The highest BCUT2D eigenvalue weighted by molar-refractivity contribution is 5.84. The summed E-state index contributed by atoms with van der Waals surface area (Å²) >= 11 is 0. The molecule has 2 fully saturated rings. The van der Waals surface area contributed by atoms with E-state index in [0.717, 1.165) is 26.0 Å². The molecular weight excluding hydrogens is 192 g/mol. The van der Waals surface area contributed by atoms with E-state index >= 15 is 0 Å². The van der Waals surface area contributed by atoms with Gasteiger partial charge in [0.1, 0.15) is 0 Å². The third kappa shape index (κ3) is 1.56. The zero-order valence-electron chi connectivity index (χ0n) is 9.75. The van der Waals surface area contributed by atoms with Crippen LogP contribution in [0.2, 0.25) is 0 Å². The number of likely N-dealkylation sites (tertiary alicyclic amines) is 1. The van der Waals surface area contributed by atoms with Gasteiger partial charge < -0.3 is 15.0 Å². The van der Waals surface area contributed by atoms with Gasteiger partial charge in [0.25, 0.3) is 0 Å². The molecule has 2 aliphatic rings. The summed E-state index contributed by atoms with van der Waals surface area (Å²) in [5.74, 6) is 0.234. The van der Waals surface area contributed by atoms with Crippen LogP contribution in [-0.2, 0) is 9.53 Å². The Morgan fingerprint density at radius 1 is 1.60 bits per heavy atom. The molecule has 4 heteroatoms. The number of nitrogens with one attached hydrogen (secondary N) is 1. The molecule has 3 atom stereocenters. The minimum Gasteiger partial charge on any atom is -0.376 e. The largest absolute Gasteiger partial charge is 0.376 e. The number of carbonyl (C=O) groups is 1. The molecule has 2 aliphatic heterocycles. The van der Waals surface area contributed by atoms with Crippen LogP contribution in [-0.4, -0.2) is 48.7 Å². The molecule has 0 aromatic heterocycles. The summed E-state index contributed by atoms with van der Waals surface area (Å²) in [6.45, 7) is 5.83. The van der Waals surface area contributed by atoms with E-state index < -0.39 is 0 Å². The van der Waals surface area contributed by atoms with Gasteiger partial charge in [0.05, 0.1) is 17.7 Å². The summed E-state index contributed by atoms with van der Waals surface area (Å²) in [4.78, 5) is 14.1. The highest BCUT2D eigenvalue weighted by atomic mass is 16.5. The molecular formula is C11H20N2O2. The Hall–Kier alpha value is -0.610. The first-order valence-corrected chi connectivity index (χ1v) is 5.70. The molecule has 0 spiro atoms. The van der Waals surface area contributed by atoms with Gasteiger partial charge in [-0.3, -0.25) is 4.79 Å². The number of carbonyl (C=O) groups excluding carboxylic acids is 1. The molecule has 0 bridgehead atoms. The Kier molecular flexibility index (Phi) is 2.73. The van der Waals surface area contributed by atoms with Crippen molar-refractivity contribution in [3.05, 3.63) is 0 Å². The van der Waals surface area contributed by atoms with E-state index in [2.05, 4.69) is 19.2 Å². The van der Waals surface area contributed by atoms with Crippen LogP contribution in [0.4, 0.5) is 0 Å². The Labute approximate surface area is 91.0 Å². The maximum absolute atomic E-state index is 12.1. The van der Waals surface area contributed by atoms with Gasteiger partial charge in [-0.15, -0.1) is 0 Å². The van der Waals surface area contributed by atoms with Crippen molar-refractivity contribution in [1.29, 1.82) is 0 Å². The van der Waals surface area contributed by atoms with Crippen LogP contribution >= 0.6 is 0 Å². The minimum atomic E-state index is -0.0946. The molecule has 3 unspecified atom stereocenters. The third-order valence-electron chi connectivity index (χ3n) is 4.02. The van der Waals surface area contributed by atoms with Crippen molar-refractivity contribution in [3.8, 4) is 0 Å². The number of likely N-dealkylation sites (N-methyl/N-ethyl adjacent to an activating group) is 1. The van der Waals surface area contributed by atoms with Crippen LogP contribution in [0.5, 0.6) is 0 Å². The van der Waals surface area contributed by atoms with Crippen LogP contribution < -0.4 is 5.32 Å².